The van der Waals surface area contributed by atoms with Crippen LogP contribution in [0.4, 0.5) is 0 Å². The summed E-state index contributed by atoms with van der Waals surface area (Å²) in [5.74, 6) is 0.565. The molecular formula is C12H18ClN3O. The molecule has 5 heteroatoms. The fourth-order valence-corrected chi connectivity index (χ4v) is 2.75. The standard InChI is InChI=1S/C12H18ClN3O/c1-16-7-10(6-15-16)11(17)14-9-12(8-13)4-2-3-5-12/h6-7H,2-5,8-9H2,1H3,(H,14,17). The molecule has 0 bridgehead atoms. The molecule has 1 aromatic heterocycles. The van der Waals surface area contributed by atoms with Crippen LogP contribution in [-0.4, -0.2) is 28.1 Å². The van der Waals surface area contributed by atoms with Crippen molar-refractivity contribution >= 4 is 17.5 Å². The smallest absolute Gasteiger partial charge is 0.254 e. The van der Waals surface area contributed by atoms with E-state index in [0.29, 0.717) is 18.0 Å². The van der Waals surface area contributed by atoms with Crippen LogP contribution in [0, 0.1) is 5.41 Å². The quantitative estimate of drug-likeness (QED) is 0.836. The maximum Gasteiger partial charge on any atom is 0.254 e. The van der Waals surface area contributed by atoms with Gasteiger partial charge in [-0.15, -0.1) is 11.6 Å². The Bertz CT molecular complexity index is 396. The van der Waals surface area contributed by atoms with Crippen molar-refractivity contribution < 1.29 is 4.79 Å². The molecule has 4 nitrogen and oxygen atoms in total. The summed E-state index contributed by atoms with van der Waals surface area (Å²) in [5.41, 5.74) is 0.717. The average Bonchev–Trinajstić information content (AvgIpc) is 2.95. The van der Waals surface area contributed by atoms with Crippen molar-refractivity contribution in [2.24, 2.45) is 12.5 Å². The van der Waals surface area contributed by atoms with Gasteiger partial charge in [0.2, 0.25) is 0 Å². The lowest BCUT2D eigenvalue weighted by Crippen LogP contribution is -2.37. The van der Waals surface area contributed by atoms with E-state index in [1.165, 1.54) is 12.8 Å². The lowest BCUT2D eigenvalue weighted by molar-refractivity contribution is 0.0935. The zero-order valence-corrected chi connectivity index (χ0v) is 10.8. The second-order valence-corrected chi connectivity index (χ2v) is 5.19. The molecule has 0 radical (unpaired) electrons. The van der Waals surface area contributed by atoms with Gasteiger partial charge in [0.1, 0.15) is 0 Å². The van der Waals surface area contributed by atoms with Gasteiger partial charge in [0.15, 0.2) is 0 Å². The van der Waals surface area contributed by atoms with E-state index >= 15 is 0 Å². The first-order valence-electron chi connectivity index (χ1n) is 5.98. The van der Waals surface area contributed by atoms with Gasteiger partial charge in [-0.3, -0.25) is 9.48 Å². The van der Waals surface area contributed by atoms with Crippen molar-refractivity contribution in [3.63, 3.8) is 0 Å². The predicted octanol–water partition coefficient (Wildman–Crippen LogP) is 1.95. The molecule has 1 aliphatic rings. The van der Waals surface area contributed by atoms with Crippen molar-refractivity contribution in [1.82, 2.24) is 15.1 Å². The van der Waals surface area contributed by atoms with Gasteiger partial charge in [0.05, 0.1) is 11.8 Å². The number of hydrogen-bond donors (Lipinski definition) is 1. The van der Waals surface area contributed by atoms with Crippen molar-refractivity contribution in [2.75, 3.05) is 12.4 Å². The third-order valence-electron chi connectivity index (χ3n) is 3.54. The molecule has 0 unspecified atom stereocenters. The summed E-state index contributed by atoms with van der Waals surface area (Å²) < 4.78 is 1.63. The van der Waals surface area contributed by atoms with Crippen LogP contribution in [-0.2, 0) is 7.05 Å². The first kappa shape index (κ1) is 12.4. The molecule has 0 aromatic carbocycles. The van der Waals surface area contributed by atoms with Crippen molar-refractivity contribution in [3.8, 4) is 0 Å². The topological polar surface area (TPSA) is 46.9 Å². The van der Waals surface area contributed by atoms with E-state index in [0.717, 1.165) is 12.8 Å². The van der Waals surface area contributed by atoms with Crippen LogP contribution in [0.15, 0.2) is 12.4 Å². The molecule has 0 saturated heterocycles. The minimum absolute atomic E-state index is 0.0607. The Morgan fingerprint density at radius 3 is 2.82 bits per heavy atom. The highest BCUT2D eigenvalue weighted by atomic mass is 35.5. The van der Waals surface area contributed by atoms with Crippen LogP contribution in [0.2, 0.25) is 0 Å². The molecule has 1 saturated carbocycles. The molecule has 17 heavy (non-hydrogen) atoms. The summed E-state index contributed by atoms with van der Waals surface area (Å²) in [6.45, 7) is 0.671. The monoisotopic (exact) mass is 255 g/mol. The summed E-state index contributed by atoms with van der Waals surface area (Å²) in [5, 5.41) is 6.95. The van der Waals surface area contributed by atoms with Gasteiger partial charge in [0.25, 0.3) is 5.91 Å². The lowest BCUT2D eigenvalue weighted by atomic mass is 9.88. The number of nitrogens with zero attached hydrogens (tertiary/aromatic N) is 2. The maximum atomic E-state index is 11.9. The normalized spacial score (nSPS) is 18.2. The van der Waals surface area contributed by atoms with Crippen molar-refractivity contribution in [2.45, 2.75) is 25.7 Å². The Morgan fingerprint density at radius 1 is 1.59 bits per heavy atom. The SMILES string of the molecule is Cn1cc(C(=O)NCC2(CCl)CCCC2)cn1. The summed E-state index contributed by atoms with van der Waals surface area (Å²) in [6.07, 6.45) is 7.97. The number of aromatic nitrogens is 2. The zero-order chi connectivity index (χ0) is 12.3. The van der Waals surface area contributed by atoms with E-state index in [2.05, 4.69) is 10.4 Å². The molecule has 0 atom stereocenters. The Labute approximate surface area is 106 Å². The second-order valence-electron chi connectivity index (χ2n) is 4.93. The molecule has 1 N–H and O–H groups in total. The summed E-state index contributed by atoms with van der Waals surface area (Å²) in [4.78, 5) is 11.9. The molecule has 1 amide bonds. The minimum atomic E-state index is -0.0607. The molecule has 0 aliphatic heterocycles. The highest BCUT2D eigenvalue weighted by molar-refractivity contribution is 6.18. The molecule has 2 rings (SSSR count). The Hall–Kier alpha value is -1.03. The second kappa shape index (κ2) is 5.08. The highest BCUT2D eigenvalue weighted by Gasteiger charge is 2.33. The van der Waals surface area contributed by atoms with Gasteiger partial charge >= 0.3 is 0 Å². The number of carbonyl (C=O) groups excluding carboxylic acids is 1. The molecule has 94 valence electrons. The number of rotatable bonds is 4. The number of alkyl halides is 1. The van der Waals surface area contributed by atoms with E-state index in [-0.39, 0.29) is 11.3 Å². The van der Waals surface area contributed by atoms with Crippen LogP contribution in [0.25, 0.3) is 0 Å². The third-order valence-corrected chi connectivity index (χ3v) is 4.11. The lowest BCUT2D eigenvalue weighted by Gasteiger charge is -2.26. The maximum absolute atomic E-state index is 11.9. The van der Waals surface area contributed by atoms with Gasteiger partial charge in [-0.2, -0.15) is 5.10 Å². The zero-order valence-electron chi connectivity index (χ0n) is 10.1. The van der Waals surface area contributed by atoms with Crippen LogP contribution in [0.1, 0.15) is 36.0 Å². The predicted molar refractivity (Wildman–Crippen MR) is 67.2 cm³/mol. The molecule has 1 fully saturated rings. The summed E-state index contributed by atoms with van der Waals surface area (Å²) >= 11 is 6.03. The van der Waals surface area contributed by atoms with Crippen LogP contribution in [0.3, 0.4) is 0 Å². The molecular weight excluding hydrogens is 238 g/mol. The van der Waals surface area contributed by atoms with Crippen LogP contribution >= 0.6 is 11.6 Å². The minimum Gasteiger partial charge on any atom is -0.351 e. The number of aryl methyl sites for hydroxylation is 1. The van der Waals surface area contributed by atoms with Gasteiger partial charge in [-0.05, 0) is 12.8 Å². The number of nitrogens with one attached hydrogen (secondary N) is 1. The summed E-state index contributed by atoms with van der Waals surface area (Å²) in [7, 11) is 1.80. The van der Waals surface area contributed by atoms with Crippen molar-refractivity contribution in [1.29, 1.82) is 0 Å². The first-order valence-corrected chi connectivity index (χ1v) is 6.51. The fraction of sp³-hybridized carbons (Fsp3) is 0.667. The number of halogens is 1. The largest absolute Gasteiger partial charge is 0.351 e. The van der Waals surface area contributed by atoms with E-state index in [9.17, 15) is 4.79 Å². The Balaban J connectivity index is 1.91. The highest BCUT2D eigenvalue weighted by Crippen LogP contribution is 2.38. The van der Waals surface area contributed by atoms with E-state index < -0.39 is 0 Å². The van der Waals surface area contributed by atoms with Crippen LogP contribution < -0.4 is 5.32 Å². The molecule has 1 aliphatic carbocycles. The number of carbonyl (C=O) groups is 1. The van der Waals surface area contributed by atoms with E-state index in [1.54, 1.807) is 24.1 Å². The van der Waals surface area contributed by atoms with Gasteiger partial charge in [0, 0.05) is 31.1 Å². The number of hydrogen-bond acceptors (Lipinski definition) is 2. The van der Waals surface area contributed by atoms with E-state index in [1.807, 2.05) is 0 Å². The Kier molecular flexibility index (Phi) is 3.72. The summed E-state index contributed by atoms with van der Waals surface area (Å²) in [6, 6.07) is 0. The van der Waals surface area contributed by atoms with Crippen molar-refractivity contribution in [3.05, 3.63) is 18.0 Å². The molecule has 0 spiro atoms. The molecule has 1 aromatic rings. The van der Waals surface area contributed by atoms with E-state index in [4.69, 9.17) is 11.6 Å². The Morgan fingerprint density at radius 2 is 2.29 bits per heavy atom. The number of amides is 1. The van der Waals surface area contributed by atoms with Gasteiger partial charge in [-0.25, -0.2) is 0 Å². The third kappa shape index (κ3) is 2.80. The first-order chi connectivity index (χ1) is 8.15. The van der Waals surface area contributed by atoms with Crippen LogP contribution in [0.5, 0.6) is 0 Å². The van der Waals surface area contributed by atoms with Gasteiger partial charge < -0.3 is 5.32 Å². The fourth-order valence-electron chi connectivity index (χ4n) is 2.39. The van der Waals surface area contributed by atoms with Gasteiger partial charge in [-0.1, -0.05) is 12.8 Å². The average molecular weight is 256 g/mol. The molecule has 1 heterocycles.